The summed E-state index contributed by atoms with van der Waals surface area (Å²) in [6.07, 6.45) is 6.84. The molecule has 0 bridgehead atoms. The number of hydrogen-bond donors (Lipinski definition) is 1. The standard InChI is InChI=1S/C30H35BrN2O/c1-2-19-33(29-17-15-25-14-16-28(31)21-27(25)22-29)20-7-6-18-32-30(34)26-12-10-24(11-13-26)23-8-4-3-5-9-23/h3-5,8-14,16,21,29H,2,6-7,15,17-20,22H2,1H3,(H,32,34). The van der Waals surface area contributed by atoms with Crippen LogP contribution in [0.15, 0.2) is 77.3 Å². The Morgan fingerprint density at radius 1 is 0.941 bits per heavy atom. The van der Waals surface area contributed by atoms with Crippen molar-refractivity contribution in [2.75, 3.05) is 19.6 Å². The van der Waals surface area contributed by atoms with Gasteiger partial charge in [0.15, 0.2) is 0 Å². The lowest BCUT2D eigenvalue weighted by Crippen LogP contribution is -2.40. The summed E-state index contributed by atoms with van der Waals surface area (Å²) in [5, 5.41) is 3.10. The molecule has 1 atom stereocenters. The summed E-state index contributed by atoms with van der Waals surface area (Å²) in [6, 6.07) is 25.5. The second-order valence-corrected chi connectivity index (χ2v) is 10.2. The molecule has 0 heterocycles. The average molecular weight is 520 g/mol. The maximum atomic E-state index is 12.6. The minimum atomic E-state index is 0.0134. The first-order valence-electron chi connectivity index (χ1n) is 12.6. The van der Waals surface area contributed by atoms with E-state index in [0.29, 0.717) is 6.04 Å². The normalized spacial score (nSPS) is 15.2. The smallest absolute Gasteiger partial charge is 0.251 e. The molecular formula is C30H35BrN2O. The lowest BCUT2D eigenvalue weighted by molar-refractivity contribution is 0.0952. The molecule has 1 aliphatic carbocycles. The zero-order valence-corrected chi connectivity index (χ0v) is 21.7. The Morgan fingerprint density at radius 3 is 2.47 bits per heavy atom. The number of halogens is 1. The monoisotopic (exact) mass is 518 g/mol. The van der Waals surface area contributed by atoms with Crippen molar-refractivity contribution < 1.29 is 4.79 Å². The third-order valence-corrected chi connectivity index (χ3v) is 7.30. The van der Waals surface area contributed by atoms with E-state index < -0.39 is 0 Å². The van der Waals surface area contributed by atoms with Crippen LogP contribution < -0.4 is 5.32 Å². The van der Waals surface area contributed by atoms with E-state index in [-0.39, 0.29) is 5.91 Å². The molecule has 34 heavy (non-hydrogen) atoms. The van der Waals surface area contributed by atoms with Crippen LogP contribution in [0.25, 0.3) is 11.1 Å². The number of hydrogen-bond acceptors (Lipinski definition) is 2. The number of amides is 1. The molecule has 1 amide bonds. The van der Waals surface area contributed by atoms with Crippen LogP contribution in [0.3, 0.4) is 0 Å². The fraction of sp³-hybridized carbons (Fsp3) is 0.367. The zero-order chi connectivity index (χ0) is 23.8. The van der Waals surface area contributed by atoms with Gasteiger partial charge in [-0.05, 0) is 98.1 Å². The van der Waals surface area contributed by atoms with E-state index in [1.54, 1.807) is 0 Å². The lowest BCUT2D eigenvalue weighted by Gasteiger charge is -2.35. The molecule has 0 radical (unpaired) electrons. The Kier molecular flexibility index (Phi) is 8.95. The van der Waals surface area contributed by atoms with Gasteiger partial charge in [-0.1, -0.05) is 71.4 Å². The fourth-order valence-corrected chi connectivity index (χ4v) is 5.38. The number of nitrogens with one attached hydrogen (secondary N) is 1. The summed E-state index contributed by atoms with van der Waals surface area (Å²) in [5.74, 6) is 0.0134. The molecule has 0 saturated carbocycles. The second-order valence-electron chi connectivity index (χ2n) is 9.25. The van der Waals surface area contributed by atoms with Crippen molar-refractivity contribution in [1.82, 2.24) is 10.2 Å². The minimum Gasteiger partial charge on any atom is -0.352 e. The van der Waals surface area contributed by atoms with Crippen LogP contribution in [-0.4, -0.2) is 36.5 Å². The van der Waals surface area contributed by atoms with Crippen molar-refractivity contribution in [1.29, 1.82) is 0 Å². The predicted molar refractivity (Wildman–Crippen MR) is 145 cm³/mol. The molecule has 1 unspecified atom stereocenters. The molecule has 0 saturated heterocycles. The molecule has 1 N–H and O–H groups in total. The molecule has 178 valence electrons. The van der Waals surface area contributed by atoms with Crippen LogP contribution in [0.4, 0.5) is 0 Å². The highest BCUT2D eigenvalue weighted by atomic mass is 79.9. The number of benzene rings is 3. The highest BCUT2D eigenvalue weighted by Crippen LogP contribution is 2.27. The Morgan fingerprint density at radius 2 is 1.71 bits per heavy atom. The van der Waals surface area contributed by atoms with Gasteiger partial charge in [-0.15, -0.1) is 0 Å². The fourth-order valence-electron chi connectivity index (χ4n) is 4.97. The van der Waals surface area contributed by atoms with Crippen LogP contribution in [0.1, 0.15) is 54.1 Å². The van der Waals surface area contributed by atoms with Crippen LogP contribution in [0.2, 0.25) is 0 Å². The molecular weight excluding hydrogens is 484 g/mol. The van der Waals surface area contributed by atoms with E-state index in [9.17, 15) is 4.79 Å². The molecule has 0 aromatic heterocycles. The highest BCUT2D eigenvalue weighted by molar-refractivity contribution is 9.10. The van der Waals surface area contributed by atoms with Crippen molar-refractivity contribution in [2.45, 2.75) is 51.5 Å². The van der Waals surface area contributed by atoms with E-state index in [4.69, 9.17) is 0 Å². The molecule has 4 heteroatoms. The number of aryl methyl sites for hydroxylation is 1. The lowest BCUT2D eigenvalue weighted by atomic mass is 9.87. The quantitative estimate of drug-likeness (QED) is 0.296. The van der Waals surface area contributed by atoms with Gasteiger partial charge in [0.1, 0.15) is 0 Å². The number of nitrogens with zero attached hydrogens (tertiary/aromatic N) is 1. The summed E-state index contributed by atoms with van der Waals surface area (Å²) in [6.45, 7) is 5.24. The van der Waals surface area contributed by atoms with Gasteiger partial charge in [0.2, 0.25) is 0 Å². The summed E-state index contributed by atoms with van der Waals surface area (Å²) >= 11 is 3.63. The van der Waals surface area contributed by atoms with Gasteiger partial charge in [-0.2, -0.15) is 0 Å². The van der Waals surface area contributed by atoms with E-state index in [1.807, 2.05) is 42.5 Å². The molecule has 0 fully saturated rings. The van der Waals surface area contributed by atoms with Gasteiger partial charge in [-0.3, -0.25) is 4.79 Å². The molecule has 3 aromatic carbocycles. The average Bonchev–Trinajstić information content (AvgIpc) is 2.88. The van der Waals surface area contributed by atoms with E-state index >= 15 is 0 Å². The maximum Gasteiger partial charge on any atom is 0.251 e. The molecule has 4 rings (SSSR count). The van der Waals surface area contributed by atoms with Crippen molar-refractivity contribution in [3.63, 3.8) is 0 Å². The van der Waals surface area contributed by atoms with Gasteiger partial charge in [0.05, 0.1) is 0 Å². The molecule has 3 aromatic rings. The van der Waals surface area contributed by atoms with Crippen molar-refractivity contribution in [3.8, 4) is 11.1 Å². The Balaban J connectivity index is 1.22. The van der Waals surface area contributed by atoms with Crippen molar-refractivity contribution in [2.24, 2.45) is 0 Å². The topological polar surface area (TPSA) is 32.3 Å². The van der Waals surface area contributed by atoms with Crippen LogP contribution in [0, 0.1) is 0 Å². The van der Waals surface area contributed by atoms with Crippen molar-refractivity contribution in [3.05, 3.63) is 94.0 Å². The number of carbonyl (C=O) groups is 1. The first-order chi connectivity index (χ1) is 16.6. The summed E-state index contributed by atoms with van der Waals surface area (Å²) in [5.41, 5.74) is 6.03. The third-order valence-electron chi connectivity index (χ3n) is 6.81. The number of carbonyl (C=O) groups excluding carboxylic acids is 1. The Labute approximate surface area is 212 Å². The number of fused-ring (bicyclic) bond motifs is 1. The summed E-state index contributed by atoms with van der Waals surface area (Å²) in [4.78, 5) is 15.2. The second kappa shape index (κ2) is 12.3. The maximum absolute atomic E-state index is 12.6. The number of unbranched alkanes of at least 4 members (excludes halogenated alkanes) is 1. The van der Waals surface area contributed by atoms with Crippen LogP contribution in [0.5, 0.6) is 0 Å². The Bertz CT molecular complexity index is 1060. The molecule has 3 nitrogen and oxygen atoms in total. The van der Waals surface area contributed by atoms with E-state index in [2.05, 4.69) is 63.4 Å². The number of rotatable bonds is 10. The van der Waals surface area contributed by atoms with Gasteiger partial charge >= 0.3 is 0 Å². The van der Waals surface area contributed by atoms with Crippen LogP contribution >= 0.6 is 15.9 Å². The van der Waals surface area contributed by atoms with E-state index in [0.717, 1.165) is 50.0 Å². The summed E-state index contributed by atoms with van der Waals surface area (Å²) < 4.78 is 1.18. The summed E-state index contributed by atoms with van der Waals surface area (Å²) in [7, 11) is 0. The Hall–Kier alpha value is -2.43. The van der Waals surface area contributed by atoms with Gasteiger partial charge in [0, 0.05) is 22.6 Å². The van der Waals surface area contributed by atoms with Crippen molar-refractivity contribution >= 4 is 21.8 Å². The van der Waals surface area contributed by atoms with Gasteiger partial charge in [0.25, 0.3) is 5.91 Å². The molecule has 0 spiro atoms. The van der Waals surface area contributed by atoms with Gasteiger partial charge < -0.3 is 10.2 Å². The first kappa shape index (κ1) is 24.7. The first-order valence-corrected chi connectivity index (χ1v) is 13.4. The van der Waals surface area contributed by atoms with Crippen LogP contribution in [-0.2, 0) is 12.8 Å². The molecule has 0 aliphatic heterocycles. The zero-order valence-electron chi connectivity index (χ0n) is 20.1. The third kappa shape index (κ3) is 6.58. The highest BCUT2D eigenvalue weighted by Gasteiger charge is 2.23. The predicted octanol–water partition coefficient (Wildman–Crippen LogP) is 6.90. The van der Waals surface area contributed by atoms with Gasteiger partial charge in [-0.25, -0.2) is 0 Å². The minimum absolute atomic E-state index is 0.0134. The SMILES string of the molecule is CCCN(CCCCNC(=O)c1ccc(-c2ccccc2)cc1)C1CCc2ccc(Br)cc2C1. The van der Waals surface area contributed by atoms with E-state index in [1.165, 1.54) is 40.4 Å². The largest absolute Gasteiger partial charge is 0.352 e. The molecule has 1 aliphatic rings.